The van der Waals surface area contributed by atoms with Crippen molar-refractivity contribution in [2.24, 2.45) is 5.84 Å². The highest BCUT2D eigenvalue weighted by Crippen LogP contribution is 2.37. The monoisotopic (exact) mass is 415 g/mol. The lowest BCUT2D eigenvalue weighted by Gasteiger charge is -2.29. The molecule has 0 aromatic heterocycles. The molecule has 0 radical (unpaired) electrons. The molecule has 0 spiro atoms. The van der Waals surface area contributed by atoms with Gasteiger partial charge >= 0.3 is 6.18 Å². The number of hydrazine groups is 1. The maximum atomic E-state index is 14.4. The molecule has 1 aliphatic heterocycles. The Bertz CT molecular complexity index is 923. The van der Waals surface area contributed by atoms with Crippen molar-refractivity contribution >= 4 is 29.6 Å². The lowest BCUT2D eigenvalue weighted by molar-refractivity contribution is -0.122. The van der Waals surface area contributed by atoms with E-state index < -0.39 is 48.3 Å². The van der Waals surface area contributed by atoms with Gasteiger partial charge in [-0.1, -0.05) is 0 Å². The summed E-state index contributed by atoms with van der Waals surface area (Å²) in [5, 5.41) is 8.96. The fourth-order valence-corrected chi connectivity index (χ4v) is 2.44. The van der Waals surface area contributed by atoms with Gasteiger partial charge in [0.25, 0.3) is 11.8 Å². The topological polar surface area (TPSA) is 120 Å². The predicted molar refractivity (Wildman–Crippen MR) is 89.5 cm³/mol. The molecule has 1 heterocycles. The van der Waals surface area contributed by atoms with Gasteiger partial charge in [-0.25, -0.2) is 15.1 Å². The van der Waals surface area contributed by atoms with Gasteiger partial charge in [-0.2, -0.15) is 18.4 Å². The van der Waals surface area contributed by atoms with Gasteiger partial charge in [-0.3, -0.25) is 19.3 Å². The summed E-state index contributed by atoms with van der Waals surface area (Å²) in [7, 11) is 0.819. The number of amides is 3. The summed E-state index contributed by atoms with van der Waals surface area (Å²) in [6, 6.07) is 3.31. The van der Waals surface area contributed by atoms with Gasteiger partial charge in [-0.05, 0) is 6.07 Å². The lowest BCUT2D eigenvalue weighted by atomic mass is 10.1. The molecule has 13 heteroatoms. The number of ether oxygens (including phenoxy) is 1. The summed E-state index contributed by atoms with van der Waals surface area (Å²) in [5.74, 6) is 1.54. The highest BCUT2D eigenvalue weighted by Gasteiger charge is 2.37. The second kappa shape index (κ2) is 8.15. The maximum absolute atomic E-state index is 14.4. The minimum atomic E-state index is -5.02. The molecule has 0 saturated heterocycles. The van der Waals surface area contributed by atoms with Crippen molar-refractivity contribution in [3.63, 3.8) is 0 Å². The van der Waals surface area contributed by atoms with Crippen molar-refractivity contribution in [3.05, 3.63) is 29.7 Å². The van der Waals surface area contributed by atoms with Crippen LogP contribution in [0.5, 0.6) is 5.75 Å². The Balaban J connectivity index is 2.54. The minimum Gasteiger partial charge on any atom is -0.481 e. The van der Waals surface area contributed by atoms with Crippen LogP contribution in [0, 0.1) is 17.1 Å². The van der Waals surface area contributed by atoms with Crippen LogP contribution in [0.2, 0.25) is 0 Å². The number of allylic oxidation sites excluding steroid dienone is 1. The summed E-state index contributed by atoms with van der Waals surface area (Å²) >= 11 is 0. The van der Waals surface area contributed by atoms with Crippen molar-refractivity contribution in [2.45, 2.75) is 6.18 Å². The summed E-state index contributed by atoms with van der Waals surface area (Å²) in [6.45, 7) is -0.907. The zero-order valence-corrected chi connectivity index (χ0v) is 14.7. The quantitative estimate of drug-likeness (QED) is 0.189. The Labute approximate surface area is 161 Å². The van der Waals surface area contributed by atoms with Crippen molar-refractivity contribution in [1.29, 1.82) is 5.26 Å². The molecule has 0 aliphatic carbocycles. The van der Waals surface area contributed by atoms with Gasteiger partial charge in [0.2, 0.25) is 6.41 Å². The third-order valence-electron chi connectivity index (χ3n) is 3.73. The zero-order chi connectivity index (χ0) is 21.9. The molecule has 0 fully saturated rings. The maximum Gasteiger partial charge on any atom is 0.432 e. The molecule has 1 aromatic carbocycles. The van der Waals surface area contributed by atoms with E-state index in [0.29, 0.717) is 0 Å². The lowest BCUT2D eigenvalue weighted by Crippen LogP contribution is -2.39. The van der Waals surface area contributed by atoms with E-state index in [1.165, 1.54) is 0 Å². The number of nitrogens with zero attached hydrogens (tertiary/aromatic N) is 4. The number of carbonyl (C=O) groups excluding carboxylic acids is 3. The average Bonchev–Trinajstić information content (AvgIpc) is 2.62. The molecule has 154 valence electrons. The van der Waals surface area contributed by atoms with Crippen LogP contribution in [-0.2, 0) is 14.4 Å². The van der Waals surface area contributed by atoms with E-state index in [4.69, 9.17) is 15.8 Å². The summed E-state index contributed by atoms with van der Waals surface area (Å²) in [4.78, 5) is 36.5. The Morgan fingerprint density at radius 2 is 2.10 bits per heavy atom. The molecular formula is C16H13F4N5O4. The summed E-state index contributed by atoms with van der Waals surface area (Å²) in [6.07, 6.45) is -5.21. The molecule has 2 rings (SSSR count). The number of nitrogens with two attached hydrogens (primary N) is 1. The van der Waals surface area contributed by atoms with Gasteiger partial charge in [0.15, 0.2) is 12.4 Å². The summed E-state index contributed by atoms with van der Waals surface area (Å²) < 4.78 is 58.4. The van der Waals surface area contributed by atoms with E-state index in [-0.39, 0.29) is 33.8 Å². The number of imide groups is 1. The normalized spacial score (nSPS) is 13.9. The number of benzene rings is 1. The number of carbonyl (C=O) groups is 3. The van der Waals surface area contributed by atoms with Crippen LogP contribution in [0.15, 0.2) is 23.9 Å². The molecule has 1 aromatic rings. The summed E-state index contributed by atoms with van der Waals surface area (Å²) in [5.41, 5.74) is -2.46. The Hall–Kier alpha value is -3.66. The number of nitriles is 1. The molecule has 9 nitrogen and oxygen atoms in total. The molecule has 0 saturated carbocycles. The third kappa shape index (κ3) is 4.43. The molecule has 1 aliphatic rings. The fourth-order valence-electron chi connectivity index (χ4n) is 2.44. The smallest absolute Gasteiger partial charge is 0.432 e. The zero-order valence-electron chi connectivity index (χ0n) is 14.7. The van der Waals surface area contributed by atoms with Gasteiger partial charge in [0.05, 0.1) is 17.4 Å². The first-order valence-corrected chi connectivity index (χ1v) is 7.70. The number of halogens is 4. The number of rotatable bonds is 5. The fraction of sp³-hybridized carbons (Fsp3) is 0.250. The van der Waals surface area contributed by atoms with E-state index in [2.05, 4.69) is 0 Å². The molecular weight excluding hydrogens is 402 g/mol. The molecule has 0 unspecified atom stereocenters. The predicted octanol–water partition coefficient (Wildman–Crippen LogP) is 0.816. The van der Waals surface area contributed by atoms with Crippen molar-refractivity contribution in [3.8, 4) is 11.8 Å². The first kappa shape index (κ1) is 21.6. The van der Waals surface area contributed by atoms with E-state index >= 15 is 0 Å². The third-order valence-corrected chi connectivity index (χ3v) is 3.73. The van der Waals surface area contributed by atoms with Crippen LogP contribution in [0.4, 0.5) is 28.9 Å². The SMILES string of the molecule is CN(N)/C(=C\C(=O)N(C=O)c1cc2c(cc1F)OCC(=O)N2CC#N)C(F)(F)F. The number of anilines is 2. The van der Waals surface area contributed by atoms with Crippen molar-refractivity contribution in [1.82, 2.24) is 5.01 Å². The van der Waals surface area contributed by atoms with Crippen molar-refractivity contribution < 1.29 is 36.7 Å². The van der Waals surface area contributed by atoms with Crippen LogP contribution in [0.3, 0.4) is 0 Å². The van der Waals surface area contributed by atoms with Crippen LogP contribution >= 0.6 is 0 Å². The van der Waals surface area contributed by atoms with E-state index in [1.54, 1.807) is 6.07 Å². The van der Waals surface area contributed by atoms with Crippen LogP contribution in [0.1, 0.15) is 0 Å². The van der Waals surface area contributed by atoms with E-state index in [0.717, 1.165) is 24.1 Å². The first-order chi connectivity index (χ1) is 13.5. The van der Waals surface area contributed by atoms with Crippen LogP contribution in [0.25, 0.3) is 0 Å². The number of alkyl halides is 3. The van der Waals surface area contributed by atoms with Gasteiger partial charge in [0.1, 0.15) is 18.0 Å². The molecule has 2 N–H and O–H groups in total. The number of hydrogen-bond donors (Lipinski definition) is 1. The van der Waals surface area contributed by atoms with Gasteiger partial charge < -0.3 is 9.75 Å². The van der Waals surface area contributed by atoms with E-state index in [9.17, 15) is 31.9 Å². The first-order valence-electron chi connectivity index (χ1n) is 7.70. The van der Waals surface area contributed by atoms with Gasteiger partial charge in [-0.15, -0.1) is 0 Å². The Kier molecular flexibility index (Phi) is 6.08. The minimum absolute atomic E-state index is 0.0159. The van der Waals surface area contributed by atoms with Crippen LogP contribution in [-0.4, -0.2) is 49.6 Å². The molecule has 3 amide bonds. The number of fused-ring (bicyclic) bond motifs is 1. The molecule has 0 atom stereocenters. The highest BCUT2D eigenvalue weighted by atomic mass is 19.4. The second-order valence-corrected chi connectivity index (χ2v) is 5.65. The Morgan fingerprint density at radius 3 is 2.62 bits per heavy atom. The number of hydrogen-bond acceptors (Lipinski definition) is 7. The van der Waals surface area contributed by atoms with Crippen molar-refractivity contribution in [2.75, 3.05) is 30.0 Å². The Morgan fingerprint density at radius 1 is 1.45 bits per heavy atom. The van der Waals surface area contributed by atoms with Gasteiger partial charge in [0, 0.05) is 19.2 Å². The molecule has 0 bridgehead atoms. The molecule has 29 heavy (non-hydrogen) atoms. The second-order valence-electron chi connectivity index (χ2n) is 5.65. The largest absolute Gasteiger partial charge is 0.481 e. The van der Waals surface area contributed by atoms with Crippen LogP contribution < -0.4 is 20.4 Å². The average molecular weight is 415 g/mol. The van der Waals surface area contributed by atoms with E-state index in [1.807, 2.05) is 0 Å². The highest BCUT2D eigenvalue weighted by molar-refractivity contribution is 6.13. The standard InChI is InChI=1S/C16H13F4N5O4/c1-23(22)13(16(18,19)20)6-14(27)25(8-26)10-5-11-12(4-9(10)17)29-7-15(28)24(11)3-2-21/h4-6,8H,3,7,22H2,1H3/b13-6-.